The molecule has 0 aromatic carbocycles. The van der Waals surface area contributed by atoms with Crippen LogP contribution in [-0.4, -0.2) is 74.2 Å². The molecule has 0 saturated carbocycles. The van der Waals surface area contributed by atoms with E-state index in [1.54, 1.807) is 0 Å². The van der Waals surface area contributed by atoms with Crippen molar-refractivity contribution in [2.24, 2.45) is 11.8 Å². The standard InChI is InChI=1S/C54H108N2O4/c1-7-13-17-31-41-51(42-32-18-14-8-2)53(57)59-49-39-29-25-21-23-27-35-46-56(48-38-37-45-55(11-5)12-6)47-36-28-24-22-26-30-40-50-60-54(58)52(43-33-19-15-9-3)44-34-20-16-10-4/h51-52H,7-50H2,1-6H3. The van der Waals surface area contributed by atoms with Crippen molar-refractivity contribution in [1.29, 1.82) is 0 Å². The van der Waals surface area contributed by atoms with E-state index < -0.39 is 0 Å². The molecule has 60 heavy (non-hydrogen) atoms. The number of carbonyl (C=O) groups is 2. The Morgan fingerprint density at radius 3 is 0.867 bits per heavy atom. The Labute approximate surface area is 376 Å². The zero-order chi connectivity index (χ0) is 44.0. The summed E-state index contributed by atoms with van der Waals surface area (Å²) in [5.41, 5.74) is 0. The number of rotatable bonds is 49. The van der Waals surface area contributed by atoms with Gasteiger partial charge in [0.05, 0.1) is 25.0 Å². The summed E-state index contributed by atoms with van der Waals surface area (Å²) in [6.45, 7) is 22.1. The van der Waals surface area contributed by atoms with Crippen LogP contribution in [0.1, 0.15) is 273 Å². The van der Waals surface area contributed by atoms with Crippen LogP contribution in [0.15, 0.2) is 0 Å². The molecule has 0 bridgehead atoms. The number of carbonyl (C=O) groups excluding carboxylic acids is 2. The first-order valence-corrected chi connectivity index (χ1v) is 27.2. The average molecular weight is 849 g/mol. The topological polar surface area (TPSA) is 59.1 Å². The van der Waals surface area contributed by atoms with Gasteiger partial charge < -0.3 is 19.3 Å². The number of hydrogen-bond acceptors (Lipinski definition) is 6. The van der Waals surface area contributed by atoms with Gasteiger partial charge in [-0.1, -0.05) is 208 Å². The van der Waals surface area contributed by atoms with Crippen LogP contribution in [0.3, 0.4) is 0 Å². The molecule has 358 valence electrons. The molecule has 0 unspecified atom stereocenters. The van der Waals surface area contributed by atoms with E-state index >= 15 is 0 Å². The molecule has 6 heteroatoms. The second-order valence-corrected chi connectivity index (χ2v) is 18.7. The summed E-state index contributed by atoms with van der Waals surface area (Å²) in [5.74, 6) is 0.399. The van der Waals surface area contributed by atoms with E-state index in [1.807, 2.05) is 0 Å². The van der Waals surface area contributed by atoms with E-state index in [0.29, 0.717) is 13.2 Å². The summed E-state index contributed by atoms with van der Waals surface area (Å²) in [4.78, 5) is 31.1. The summed E-state index contributed by atoms with van der Waals surface area (Å²) < 4.78 is 11.6. The van der Waals surface area contributed by atoms with Crippen molar-refractivity contribution in [3.63, 3.8) is 0 Å². The Bertz CT molecular complexity index is 796. The summed E-state index contributed by atoms with van der Waals surface area (Å²) in [5, 5.41) is 0. The van der Waals surface area contributed by atoms with Crippen molar-refractivity contribution >= 4 is 11.9 Å². The minimum atomic E-state index is 0.0801. The van der Waals surface area contributed by atoms with Gasteiger partial charge in [0.15, 0.2) is 0 Å². The van der Waals surface area contributed by atoms with Gasteiger partial charge >= 0.3 is 11.9 Å². The summed E-state index contributed by atoms with van der Waals surface area (Å²) in [6, 6.07) is 0. The molecular weight excluding hydrogens is 741 g/mol. The predicted octanol–water partition coefficient (Wildman–Crippen LogP) is 16.1. The Morgan fingerprint density at radius 2 is 0.567 bits per heavy atom. The maximum atomic E-state index is 12.9. The van der Waals surface area contributed by atoms with Gasteiger partial charge in [-0.25, -0.2) is 0 Å². The fourth-order valence-electron chi connectivity index (χ4n) is 8.80. The molecule has 0 heterocycles. The second-order valence-electron chi connectivity index (χ2n) is 18.7. The molecule has 0 saturated heterocycles. The number of esters is 2. The number of hydrogen-bond donors (Lipinski definition) is 0. The minimum Gasteiger partial charge on any atom is -0.465 e. The Balaban J connectivity index is 4.33. The Hall–Kier alpha value is -1.14. The largest absolute Gasteiger partial charge is 0.465 e. The summed E-state index contributed by atoms with van der Waals surface area (Å²) >= 11 is 0. The van der Waals surface area contributed by atoms with Crippen LogP contribution in [-0.2, 0) is 19.1 Å². The average Bonchev–Trinajstić information content (AvgIpc) is 3.25. The van der Waals surface area contributed by atoms with Crippen LogP contribution in [0, 0.1) is 11.8 Å². The first-order valence-electron chi connectivity index (χ1n) is 27.2. The third-order valence-corrected chi connectivity index (χ3v) is 13.1. The molecule has 0 rings (SSSR count). The highest BCUT2D eigenvalue weighted by Crippen LogP contribution is 2.22. The van der Waals surface area contributed by atoms with Crippen LogP contribution in [0.25, 0.3) is 0 Å². The van der Waals surface area contributed by atoms with Crippen molar-refractivity contribution in [1.82, 2.24) is 9.80 Å². The molecule has 0 aromatic heterocycles. The lowest BCUT2D eigenvalue weighted by atomic mass is 9.94. The first kappa shape index (κ1) is 58.9. The molecule has 0 radical (unpaired) electrons. The van der Waals surface area contributed by atoms with Crippen LogP contribution in [0.2, 0.25) is 0 Å². The molecule has 0 amide bonds. The highest BCUT2D eigenvalue weighted by Gasteiger charge is 2.20. The van der Waals surface area contributed by atoms with E-state index in [-0.39, 0.29) is 23.8 Å². The van der Waals surface area contributed by atoms with Gasteiger partial charge in [-0.3, -0.25) is 9.59 Å². The van der Waals surface area contributed by atoms with Gasteiger partial charge in [-0.15, -0.1) is 0 Å². The highest BCUT2D eigenvalue weighted by atomic mass is 16.5. The summed E-state index contributed by atoms with van der Waals surface area (Å²) in [6.07, 6.45) is 43.8. The van der Waals surface area contributed by atoms with E-state index in [0.717, 1.165) is 77.3 Å². The lowest BCUT2D eigenvalue weighted by molar-refractivity contribution is -0.150. The maximum absolute atomic E-state index is 12.9. The van der Waals surface area contributed by atoms with Gasteiger partial charge in [0.2, 0.25) is 0 Å². The van der Waals surface area contributed by atoms with E-state index in [9.17, 15) is 9.59 Å². The zero-order valence-corrected chi connectivity index (χ0v) is 41.8. The normalized spacial score (nSPS) is 11.8. The second kappa shape index (κ2) is 47.3. The third kappa shape index (κ3) is 38.5. The molecular formula is C54H108N2O4. The maximum Gasteiger partial charge on any atom is 0.308 e. The molecule has 0 atom stereocenters. The third-order valence-electron chi connectivity index (χ3n) is 13.1. The van der Waals surface area contributed by atoms with Crippen LogP contribution in [0.4, 0.5) is 0 Å². The quantitative estimate of drug-likeness (QED) is 0.0449. The van der Waals surface area contributed by atoms with Gasteiger partial charge in [0.25, 0.3) is 0 Å². The Morgan fingerprint density at radius 1 is 0.317 bits per heavy atom. The van der Waals surface area contributed by atoms with E-state index in [1.165, 1.54) is 193 Å². The molecule has 0 N–H and O–H groups in total. The van der Waals surface area contributed by atoms with Crippen molar-refractivity contribution in [2.45, 2.75) is 273 Å². The van der Waals surface area contributed by atoms with Crippen molar-refractivity contribution in [2.75, 3.05) is 52.5 Å². The van der Waals surface area contributed by atoms with Crippen molar-refractivity contribution in [3.8, 4) is 0 Å². The fraction of sp³-hybridized carbons (Fsp3) is 0.963. The van der Waals surface area contributed by atoms with Crippen LogP contribution >= 0.6 is 0 Å². The molecule has 0 aliphatic heterocycles. The lowest BCUT2D eigenvalue weighted by Gasteiger charge is -2.23. The molecule has 0 spiro atoms. The summed E-state index contributed by atoms with van der Waals surface area (Å²) in [7, 11) is 0. The molecule has 0 aliphatic carbocycles. The first-order chi connectivity index (χ1) is 29.5. The lowest BCUT2D eigenvalue weighted by Crippen LogP contribution is -2.29. The van der Waals surface area contributed by atoms with E-state index in [4.69, 9.17) is 9.47 Å². The molecule has 0 aromatic rings. The number of ether oxygens (including phenoxy) is 2. The van der Waals surface area contributed by atoms with Gasteiger partial charge in [-0.05, 0) is 103 Å². The fourth-order valence-corrected chi connectivity index (χ4v) is 8.80. The van der Waals surface area contributed by atoms with Gasteiger partial charge in [0, 0.05) is 0 Å². The zero-order valence-electron chi connectivity index (χ0n) is 41.8. The van der Waals surface area contributed by atoms with Gasteiger partial charge in [-0.2, -0.15) is 0 Å². The molecule has 0 fully saturated rings. The molecule has 6 nitrogen and oxygen atoms in total. The van der Waals surface area contributed by atoms with Crippen LogP contribution < -0.4 is 0 Å². The molecule has 0 aliphatic rings. The van der Waals surface area contributed by atoms with Gasteiger partial charge in [0.1, 0.15) is 0 Å². The van der Waals surface area contributed by atoms with E-state index in [2.05, 4.69) is 51.3 Å². The van der Waals surface area contributed by atoms with Crippen LogP contribution in [0.5, 0.6) is 0 Å². The SMILES string of the molecule is CCCCCCC(CCCCCC)C(=O)OCCCCCCCCCN(CCCCCCCCCOC(=O)C(CCCCCC)CCCCCC)CCCCN(CC)CC. The number of unbranched alkanes of at least 4 members (excludes halogenated alkanes) is 25. The minimum absolute atomic E-state index is 0.0801. The Kier molecular flexibility index (Phi) is 46.4. The van der Waals surface area contributed by atoms with Crippen molar-refractivity contribution in [3.05, 3.63) is 0 Å². The predicted molar refractivity (Wildman–Crippen MR) is 262 cm³/mol. The monoisotopic (exact) mass is 849 g/mol. The smallest absolute Gasteiger partial charge is 0.308 e. The highest BCUT2D eigenvalue weighted by molar-refractivity contribution is 5.72. The van der Waals surface area contributed by atoms with Crippen molar-refractivity contribution < 1.29 is 19.1 Å². The number of nitrogens with zero attached hydrogens (tertiary/aromatic N) is 2.